The maximum atomic E-state index is 11.8. The SMILES string of the molecule is CC1(CNC(=O)c2cc(Cl)nnc2Cl)COC1. The molecule has 0 atom stereocenters. The highest BCUT2D eigenvalue weighted by molar-refractivity contribution is 6.34. The molecule has 1 fully saturated rings. The van der Waals surface area contributed by atoms with E-state index in [0.717, 1.165) is 0 Å². The Labute approximate surface area is 108 Å². The molecule has 1 N–H and O–H groups in total. The minimum atomic E-state index is -0.306. The number of amides is 1. The molecule has 92 valence electrons. The van der Waals surface area contributed by atoms with Gasteiger partial charge < -0.3 is 10.1 Å². The number of aromatic nitrogens is 2. The quantitative estimate of drug-likeness (QED) is 0.909. The normalized spacial score (nSPS) is 17.4. The molecule has 17 heavy (non-hydrogen) atoms. The molecule has 0 saturated carbocycles. The number of rotatable bonds is 3. The lowest BCUT2D eigenvalue weighted by Crippen LogP contribution is -2.48. The monoisotopic (exact) mass is 275 g/mol. The van der Waals surface area contributed by atoms with Crippen molar-refractivity contribution in [1.29, 1.82) is 0 Å². The zero-order valence-electron chi connectivity index (χ0n) is 9.17. The molecule has 0 unspecified atom stereocenters. The topological polar surface area (TPSA) is 64.1 Å². The first kappa shape index (κ1) is 12.5. The molecule has 1 aliphatic rings. The first-order valence-corrected chi connectivity index (χ1v) is 5.80. The van der Waals surface area contributed by atoms with E-state index in [1.807, 2.05) is 6.92 Å². The molecular weight excluding hydrogens is 265 g/mol. The van der Waals surface area contributed by atoms with Crippen LogP contribution in [0.25, 0.3) is 0 Å². The zero-order valence-corrected chi connectivity index (χ0v) is 10.7. The summed E-state index contributed by atoms with van der Waals surface area (Å²) in [7, 11) is 0. The standard InChI is InChI=1S/C10H11Cl2N3O2/c1-10(4-17-5-10)3-13-9(16)6-2-7(11)14-15-8(6)12/h2H,3-5H2,1H3,(H,13,16). The van der Waals surface area contributed by atoms with Gasteiger partial charge in [-0.25, -0.2) is 0 Å². The van der Waals surface area contributed by atoms with Gasteiger partial charge in [0.15, 0.2) is 10.3 Å². The summed E-state index contributed by atoms with van der Waals surface area (Å²) in [6.07, 6.45) is 0. The molecule has 1 amide bonds. The molecule has 1 saturated heterocycles. The third kappa shape index (κ3) is 2.86. The van der Waals surface area contributed by atoms with Crippen LogP contribution in [0.4, 0.5) is 0 Å². The summed E-state index contributed by atoms with van der Waals surface area (Å²) in [5.74, 6) is -0.306. The summed E-state index contributed by atoms with van der Waals surface area (Å²) in [5.41, 5.74) is 0.238. The highest BCUT2D eigenvalue weighted by atomic mass is 35.5. The van der Waals surface area contributed by atoms with E-state index in [1.165, 1.54) is 6.07 Å². The fourth-order valence-electron chi connectivity index (χ4n) is 1.45. The molecule has 0 aliphatic carbocycles. The van der Waals surface area contributed by atoms with E-state index in [4.69, 9.17) is 27.9 Å². The van der Waals surface area contributed by atoms with Crippen LogP contribution in [-0.4, -0.2) is 35.9 Å². The van der Waals surface area contributed by atoms with Gasteiger partial charge >= 0.3 is 0 Å². The van der Waals surface area contributed by atoms with Crippen molar-refractivity contribution in [2.75, 3.05) is 19.8 Å². The molecular formula is C10H11Cl2N3O2. The Hall–Kier alpha value is -0.910. The van der Waals surface area contributed by atoms with E-state index >= 15 is 0 Å². The number of carbonyl (C=O) groups is 1. The van der Waals surface area contributed by atoms with Crippen molar-refractivity contribution in [2.24, 2.45) is 5.41 Å². The predicted molar refractivity (Wildman–Crippen MR) is 63.3 cm³/mol. The molecule has 0 radical (unpaired) electrons. The van der Waals surface area contributed by atoms with Crippen LogP contribution in [0, 0.1) is 5.41 Å². The molecule has 7 heteroatoms. The number of hydrogen-bond acceptors (Lipinski definition) is 4. The predicted octanol–water partition coefficient (Wildman–Crippen LogP) is 1.55. The van der Waals surface area contributed by atoms with Crippen LogP contribution in [0.15, 0.2) is 6.07 Å². The lowest BCUT2D eigenvalue weighted by molar-refractivity contribution is -0.0978. The number of ether oxygens (including phenoxy) is 1. The Morgan fingerprint density at radius 1 is 1.53 bits per heavy atom. The summed E-state index contributed by atoms with van der Waals surface area (Å²) in [5, 5.41) is 10.1. The van der Waals surface area contributed by atoms with E-state index in [9.17, 15) is 4.79 Å². The summed E-state index contributed by atoms with van der Waals surface area (Å²) < 4.78 is 5.10. The van der Waals surface area contributed by atoms with Crippen LogP contribution in [0.1, 0.15) is 17.3 Å². The van der Waals surface area contributed by atoms with Gasteiger partial charge in [0, 0.05) is 12.0 Å². The Balaban J connectivity index is 2.01. The summed E-state index contributed by atoms with van der Waals surface area (Å²) in [6, 6.07) is 1.39. The average Bonchev–Trinajstić information content (AvgIpc) is 2.26. The third-order valence-electron chi connectivity index (χ3n) is 2.54. The van der Waals surface area contributed by atoms with Crippen molar-refractivity contribution in [1.82, 2.24) is 15.5 Å². The average molecular weight is 276 g/mol. The van der Waals surface area contributed by atoms with Crippen molar-refractivity contribution < 1.29 is 9.53 Å². The van der Waals surface area contributed by atoms with Gasteiger partial charge in [-0.2, -0.15) is 0 Å². The Morgan fingerprint density at radius 3 is 2.82 bits per heavy atom. The van der Waals surface area contributed by atoms with Gasteiger partial charge in [-0.15, -0.1) is 10.2 Å². The lowest BCUT2D eigenvalue weighted by atomic mass is 9.89. The number of halogens is 2. The maximum absolute atomic E-state index is 11.8. The summed E-state index contributed by atoms with van der Waals surface area (Å²) in [6.45, 7) is 3.87. The van der Waals surface area contributed by atoms with Crippen LogP contribution < -0.4 is 5.32 Å². The second-order valence-electron chi connectivity index (χ2n) is 4.36. The number of carbonyl (C=O) groups excluding carboxylic acids is 1. The first-order valence-electron chi connectivity index (χ1n) is 5.05. The van der Waals surface area contributed by atoms with Gasteiger partial charge in [-0.1, -0.05) is 30.1 Å². The molecule has 1 aromatic rings. The van der Waals surface area contributed by atoms with Crippen LogP contribution in [0.5, 0.6) is 0 Å². The second kappa shape index (κ2) is 4.76. The zero-order chi connectivity index (χ0) is 12.5. The van der Waals surface area contributed by atoms with Gasteiger partial charge in [0.05, 0.1) is 18.8 Å². The van der Waals surface area contributed by atoms with E-state index in [1.54, 1.807) is 0 Å². The van der Waals surface area contributed by atoms with Gasteiger partial charge in [0.2, 0.25) is 0 Å². The minimum absolute atomic E-state index is 0.00634. The molecule has 2 heterocycles. The van der Waals surface area contributed by atoms with E-state index in [0.29, 0.717) is 19.8 Å². The Kier molecular flexibility index (Phi) is 3.51. The van der Waals surface area contributed by atoms with E-state index in [2.05, 4.69) is 15.5 Å². The number of nitrogens with zero attached hydrogens (tertiary/aromatic N) is 2. The first-order chi connectivity index (χ1) is 8.00. The highest BCUT2D eigenvalue weighted by Crippen LogP contribution is 2.25. The number of nitrogens with one attached hydrogen (secondary N) is 1. The van der Waals surface area contributed by atoms with E-state index < -0.39 is 0 Å². The lowest BCUT2D eigenvalue weighted by Gasteiger charge is -2.38. The third-order valence-corrected chi connectivity index (χ3v) is 3.00. The van der Waals surface area contributed by atoms with Gasteiger partial charge in [-0.3, -0.25) is 4.79 Å². The molecule has 0 aromatic carbocycles. The molecule has 0 spiro atoms. The fraction of sp³-hybridized carbons (Fsp3) is 0.500. The van der Waals surface area contributed by atoms with Crippen molar-refractivity contribution in [2.45, 2.75) is 6.92 Å². The summed E-state index contributed by atoms with van der Waals surface area (Å²) >= 11 is 11.4. The largest absolute Gasteiger partial charge is 0.380 e. The van der Waals surface area contributed by atoms with Crippen molar-refractivity contribution >= 4 is 29.1 Å². The Bertz CT molecular complexity index is 449. The summed E-state index contributed by atoms with van der Waals surface area (Å²) in [4.78, 5) is 11.8. The van der Waals surface area contributed by atoms with Gasteiger partial charge in [0.1, 0.15) is 0 Å². The number of hydrogen-bond donors (Lipinski definition) is 1. The van der Waals surface area contributed by atoms with Crippen LogP contribution in [0.3, 0.4) is 0 Å². The molecule has 2 rings (SSSR count). The van der Waals surface area contributed by atoms with Gasteiger partial charge in [0.25, 0.3) is 5.91 Å². The van der Waals surface area contributed by atoms with Crippen LogP contribution in [-0.2, 0) is 4.74 Å². The fourth-order valence-corrected chi connectivity index (χ4v) is 1.78. The van der Waals surface area contributed by atoms with E-state index in [-0.39, 0.29) is 27.2 Å². The van der Waals surface area contributed by atoms with Crippen molar-refractivity contribution in [3.63, 3.8) is 0 Å². The molecule has 5 nitrogen and oxygen atoms in total. The van der Waals surface area contributed by atoms with Crippen molar-refractivity contribution in [3.05, 3.63) is 21.9 Å². The minimum Gasteiger partial charge on any atom is -0.380 e. The maximum Gasteiger partial charge on any atom is 0.254 e. The molecule has 0 bridgehead atoms. The van der Waals surface area contributed by atoms with Crippen LogP contribution in [0.2, 0.25) is 10.3 Å². The van der Waals surface area contributed by atoms with Crippen LogP contribution >= 0.6 is 23.2 Å². The van der Waals surface area contributed by atoms with Gasteiger partial charge in [-0.05, 0) is 6.07 Å². The second-order valence-corrected chi connectivity index (χ2v) is 5.10. The van der Waals surface area contributed by atoms with Crippen molar-refractivity contribution in [3.8, 4) is 0 Å². The highest BCUT2D eigenvalue weighted by Gasteiger charge is 2.33. The Morgan fingerprint density at radius 2 is 2.24 bits per heavy atom. The smallest absolute Gasteiger partial charge is 0.254 e. The molecule has 1 aliphatic heterocycles. The molecule has 1 aromatic heterocycles.